The SMILES string of the molecule is CCOc1cccc(NC(=O)c2cc(F)cnc2NC)c1. The van der Waals surface area contributed by atoms with Crippen LogP contribution in [0.25, 0.3) is 0 Å². The van der Waals surface area contributed by atoms with Crippen molar-refractivity contribution in [1.82, 2.24) is 4.98 Å². The molecule has 110 valence electrons. The fraction of sp³-hybridized carbons (Fsp3) is 0.200. The van der Waals surface area contributed by atoms with Crippen LogP contribution in [0.3, 0.4) is 0 Å². The van der Waals surface area contributed by atoms with Crippen LogP contribution in [-0.4, -0.2) is 24.5 Å². The maximum absolute atomic E-state index is 13.3. The van der Waals surface area contributed by atoms with E-state index < -0.39 is 11.7 Å². The Morgan fingerprint density at radius 2 is 2.19 bits per heavy atom. The quantitative estimate of drug-likeness (QED) is 0.888. The van der Waals surface area contributed by atoms with Crippen molar-refractivity contribution in [2.24, 2.45) is 0 Å². The number of hydrogen-bond donors (Lipinski definition) is 2. The van der Waals surface area contributed by atoms with Crippen LogP contribution in [0.4, 0.5) is 15.9 Å². The Labute approximate surface area is 122 Å². The van der Waals surface area contributed by atoms with Crippen LogP contribution in [-0.2, 0) is 0 Å². The average molecular weight is 289 g/mol. The highest BCUT2D eigenvalue weighted by Gasteiger charge is 2.13. The van der Waals surface area contributed by atoms with Gasteiger partial charge in [-0.05, 0) is 25.1 Å². The number of nitrogens with one attached hydrogen (secondary N) is 2. The highest BCUT2D eigenvalue weighted by molar-refractivity contribution is 6.07. The van der Waals surface area contributed by atoms with Gasteiger partial charge in [0.2, 0.25) is 0 Å². The van der Waals surface area contributed by atoms with Gasteiger partial charge in [-0.1, -0.05) is 6.07 Å². The molecule has 5 nitrogen and oxygen atoms in total. The predicted molar refractivity (Wildman–Crippen MR) is 79.3 cm³/mol. The van der Waals surface area contributed by atoms with Gasteiger partial charge in [-0.3, -0.25) is 4.79 Å². The number of rotatable bonds is 5. The maximum Gasteiger partial charge on any atom is 0.259 e. The molecule has 0 radical (unpaired) electrons. The number of carbonyl (C=O) groups excluding carboxylic acids is 1. The van der Waals surface area contributed by atoms with Crippen molar-refractivity contribution < 1.29 is 13.9 Å². The van der Waals surface area contributed by atoms with E-state index in [1.807, 2.05) is 6.92 Å². The van der Waals surface area contributed by atoms with Crippen LogP contribution in [0.1, 0.15) is 17.3 Å². The summed E-state index contributed by atoms with van der Waals surface area (Å²) in [6.07, 6.45) is 1.05. The van der Waals surface area contributed by atoms with E-state index in [-0.39, 0.29) is 5.56 Å². The number of halogens is 1. The first kappa shape index (κ1) is 14.8. The highest BCUT2D eigenvalue weighted by atomic mass is 19.1. The molecule has 1 amide bonds. The minimum atomic E-state index is -0.567. The molecule has 0 unspecified atom stereocenters. The molecule has 2 N–H and O–H groups in total. The molecule has 0 atom stereocenters. The third-order valence-corrected chi connectivity index (χ3v) is 2.74. The van der Waals surface area contributed by atoms with Crippen molar-refractivity contribution >= 4 is 17.4 Å². The van der Waals surface area contributed by atoms with Gasteiger partial charge >= 0.3 is 0 Å². The van der Waals surface area contributed by atoms with Gasteiger partial charge in [0.25, 0.3) is 5.91 Å². The zero-order valence-corrected chi connectivity index (χ0v) is 11.8. The molecule has 1 aromatic heterocycles. The monoisotopic (exact) mass is 289 g/mol. The molecule has 0 aliphatic carbocycles. The molecule has 2 aromatic rings. The van der Waals surface area contributed by atoms with Crippen molar-refractivity contribution in [2.75, 3.05) is 24.3 Å². The van der Waals surface area contributed by atoms with Gasteiger partial charge in [-0.15, -0.1) is 0 Å². The fourth-order valence-electron chi connectivity index (χ4n) is 1.84. The summed E-state index contributed by atoms with van der Waals surface area (Å²) in [6.45, 7) is 2.41. The smallest absolute Gasteiger partial charge is 0.259 e. The van der Waals surface area contributed by atoms with Crippen LogP contribution in [0.15, 0.2) is 36.5 Å². The van der Waals surface area contributed by atoms with E-state index in [0.29, 0.717) is 23.9 Å². The van der Waals surface area contributed by atoms with Gasteiger partial charge in [0.05, 0.1) is 18.4 Å². The maximum atomic E-state index is 13.3. The second-order valence-electron chi connectivity index (χ2n) is 4.21. The highest BCUT2D eigenvalue weighted by Crippen LogP contribution is 2.20. The second-order valence-corrected chi connectivity index (χ2v) is 4.21. The fourth-order valence-corrected chi connectivity index (χ4v) is 1.84. The van der Waals surface area contributed by atoms with E-state index in [2.05, 4.69) is 15.6 Å². The summed E-state index contributed by atoms with van der Waals surface area (Å²) in [5.41, 5.74) is 0.705. The first-order chi connectivity index (χ1) is 10.1. The molecule has 1 heterocycles. The number of ether oxygens (including phenoxy) is 1. The summed E-state index contributed by atoms with van der Waals surface area (Å²) in [5, 5.41) is 5.45. The van der Waals surface area contributed by atoms with E-state index in [0.717, 1.165) is 12.3 Å². The molecule has 1 aromatic carbocycles. The minimum Gasteiger partial charge on any atom is -0.494 e. The standard InChI is InChI=1S/C15H16FN3O2/c1-3-21-12-6-4-5-11(8-12)19-15(20)13-7-10(16)9-18-14(13)17-2/h4-9H,3H2,1-2H3,(H,17,18)(H,19,20). The third kappa shape index (κ3) is 3.68. The first-order valence-corrected chi connectivity index (χ1v) is 6.51. The number of aromatic nitrogens is 1. The number of benzene rings is 1. The molecular weight excluding hydrogens is 273 g/mol. The Hall–Kier alpha value is -2.63. The minimum absolute atomic E-state index is 0.138. The molecule has 0 aliphatic rings. The predicted octanol–water partition coefficient (Wildman–Crippen LogP) is 2.91. The van der Waals surface area contributed by atoms with Crippen LogP contribution in [0, 0.1) is 5.82 Å². The van der Waals surface area contributed by atoms with Crippen molar-refractivity contribution in [3.05, 3.63) is 47.9 Å². The van der Waals surface area contributed by atoms with Gasteiger partial charge in [0.1, 0.15) is 17.4 Å². The number of pyridine rings is 1. The Bertz CT molecular complexity index is 647. The molecule has 0 saturated heterocycles. The molecule has 0 spiro atoms. The summed E-state index contributed by atoms with van der Waals surface area (Å²) < 4.78 is 18.6. The molecule has 0 aliphatic heterocycles. The number of anilines is 2. The lowest BCUT2D eigenvalue weighted by molar-refractivity contribution is 0.102. The topological polar surface area (TPSA) is 63.2 Å². The summed E-state index contributed by atoms with van der Waals surface area (Å²) in [6, 6.07) is 8.13. The van der Waals surface area contributed by atoms with Crippen molar-refractivity contribution in [1.29, 1.82) is 0 Å². The molecule has 0 fully saturated rings. The number of amides is 1. The molecule has 0 bridgehead atoms. The molecule has 6 heteroatoms. The van der Waals surface area contributed by atoms with Crippen LogP contribution >= 0.6 is 0 Å². The Kier molecular flexibility index (Phi) is 4.71. The average Bonchev–Trinajstić information content (AvgIpc) is 2.48. The Morgan fingerprint density at radius 1 is 1.38 bits per heavy atom. The van der Waals surface area contributed by atoms with Crippen molar-refractivity contribution in [3.8, 4) is 5.75 Å². The number of nitrogens with zero attached hydrogens (tertiary/aromatic N) is 1. The van der Waals surface area contributed by atoms with Gasteiger partial charge in [0.15, 0.2) is 0 Å². The summed E-state index contributed by atoms with van der Waals surface area (Å²) >= 11 is 0. The van der Waals surface area contributed by atoms with Crippen LogP contribution in [0.2, 0.25) is 0 Å². The van der Waals surface area contributed by atoms with E-state index in [4.69, 9.17) is 4.74 Å². The van der Waals surface area contributed by atoms with Crippen molar-refractivity contribution in [2.45, 2.75) is 6.92 Å². The van der Waals surface area contributed by atoms with E-state index in [1.54, 1.807) is 31.3 Å². The number of hydrogen-bond acceptors (Lipinski definition) is 4. The Balaban J connectivity index is 2.21. The van der Waals surface area contributed by atoms with Gasteiger partial charge in [-0.25, -0.2) is 9.37 Å². The van der Waals surface area contributed by atoms with Gasteiger partial charge in [0, 0.05) is 18.8 Å². The van der Waals surface area contributed by atoms with Crippen LogP contribution < -0.4 is 15.4 Å². The lowest BCUT2D eigenvalue weighted by Crippen LogP contribution is -2.15. The van der Waals surface area contributed by atoms with Crippen molar-refractivity contribution in [3.63, 3.8) is 0 Å². The number of carbonyl (C=O) groups is 1. The van der Waals surface area contributed by atoms with Gasteiger partial charge in [-0.2, -0.15) is 0 Å². The largest absolute Gasteiger partial charge is 0.494 e. The summed E-state index contributed by atoms with van der Waals surface area (Å²) in [7, 11) is 1.62. The molecule has 2 rings (SSSR count). The first-order valence-electron chi connectivity index (χ1n) is 6.51. The summed E-state index contributed by atoms with van der Waals surface area (Å²) in [5.74, 6) is -0.0430. The molecule has 21 heavy (non-hydrogen) atoms. The summed E-state index contributed by atoms with van der Waals surface area (Å²) in [4.78, 5) is 16.1. The zero-order valence-electron chi connectivity index (χ0n) is 11.8. The van der Waals surface area contributed by atoms with E-state index >= 15 is 0 Å². The van der Waals surface area contributed by atoms with Gasteiger partial charge < -0.3 is 15.4 Å². The normalized spacial score (nSPS) is 10.0. The van der Waals surface area contributed by atoms with E-state index in [1.165, 1.54) is 0 Å². The van der Waals surface area contributed by atoms with Crippen LogP contribution in [0.5, 0.6) is 5.75 Å². The third-order valence-electron chi connectivity index (χ3n) is 2.74. The zero-order chi connectivity index (χ0) is 15.2. The molecule has 0 saturated carbocycles. The second kappa shape index (κ2) is 6.69. The lowest BCUT2D eigenvalue weighted by Gasteiger charge is -2.10. The lowest BCUT2D eigenvalue weighted by atomic mass is 10.2. The van der Waals surface area contributed by atoms with E-state index in [9.17, 15) is 9.18 Å². The Morgan fingerprint density at radius 3 is 2.90 bits per heavy atom. The molecular formula is C15H16FN3O2.